The minimum atomic E-state index is -3.58. The molecule has 4 nitrogen and oxygen atoms in total. The Morgan fingerprint density at radius 1 is 1.26 bits per heavy atom. The lowest BCUT2D eigenvalue weighted by Crippen LogP contribution is -2.25. The van der Waals surface area contributed by atoms with Gasteiger partial charge in [-0.05, 0) is 24.5 Å². The van der Waals surface area contributed by atoms with E-state index >= 15 is 0 Å². The molecule has 1 aromatic heterocycles. The summed E-state index contributed by atoms with van der Waals surface area (Å²) in [5.41, 5.74) is 10.7. The minimum absolute atomic E-state index is 0.0542. The van der Waals surface area contributed by atoms with Gasteiger partial charge in [0.1, 0.15) is 0 Å². The third-order valence-electron chi connectivity index (χ3n) is 3.71. The number of nitrogens with one attached hydrogen (secondary N) is 2. The standard InChI is InChI=1S/C13H11F2N2O2/c14-13(15)18-11-4-8-7-3-6(16)1-2-9(7)17-10(8)5-12(11)19-13/h4-6,16-17H,1-3H2/q-1. The van der Waals surface area contributed by atoms with E-state index in [-0.39, 0.29) is 17.5 Å². The fourth-order valence-corrected chi connectivity index (χ4v) is 2.86. The van der Waals surface area contributed by atoms with Gasteiger partial charge in [0.15, 0.2) is 11.5 Å². The number of hydrogen-bond acceptors (Lipinski definition) is 2. The van der Waals surface area contributed by atoms with Gasteiger partial charge in [-0.25, -0.2) is 0 Å². The van der Waals surface area contributed by atoms with E-state index in [1.807, 2.05) is 0 Å². The molecule has 4 rings (SSSR count). The first-order chi connectivity index (χ1) is 9.02. The van der Waals surface area contributed by atoms with Gasteiger partial charge >= 0.3 is 6.29 Å². The average molecular weight is 265 g/mol. The van der Waals surface area contributed by atoms with E-state index in [0.29, 0.717) is 6.42 Å². The summed E-state index contributed by atoms with van der Waals surface area (Å²) in [6.45, 7) is 0. The van der Waals surface area contributed by atoms with Crippen molar-refractivity contribution in [2.45, 2.75) is 31.6 Å². The number of aromatic amines is 1. The van der Waals surface area contributed by atoms with Crippen molar-refractivity contribution in [1.82, 2.24) is 4.98 Å². The lowest BCUT2D eigenvalue weighted by molar-refractivity contribution is -0.286. The lowest BCUT2D eigenvalue weighted by atomic mass is 9.92. The lowest BCUT2D eigenvalue weighted by Gasteiger charge is -2.25. The molecule has 19 heavy (non-hydrogen) atoms. The summed E-state index contributed by atoms with van der Waals surface area (Å²) < 4.78 is 34.9. The van der Waals surface area contributed by atoms with E-state index in [0.717, 1.165) is 35.0 Å². The van der Waals surface area contributed by atoms with Crippen molar-refractivity contribution in [1.29, 1.82) is 0 Å². The Labute approximate surface area is 107 Å². The Morgan fingerprint density at radius 3 is 2.79 bits per heavy atom. The smallest absolute Gasteiger partial charge is 0.586 e. The van der Waals surface area contributed by atoms with E-state index in [1.54, 1.807) is 12.1 Å². The summed E-state index contributed by atoms with van der Waals surface area (Å²) in [6, 6.07) is 3.00. The molecular formula is C13H11F2N2O2-. The van der Waals surface area contributed by atoms with E-state index in [4.69, 9.17) is 5.73 Å². The van der Waals surface area contributed by atoms with E-state index < -0.39 is 6.29 Å². The van der Waals surface area contributed by atoms with Crippen LogP contribution in [0.3, 0.4) is 0 Å². The van der Waals surface area contributed by atoms with Gasteiger partial charge in [0.05, 0.1) is 0 Å². The third-order valence-corrected chi connectivity index (χ3v) is 3.71. The maximum absolute atomic E-state index is 13.0. The maximum atomic E-state index is 13.0. The molecule has 1 aliphatic carbocycles. The van der Waals surface area contributed by atoms with Crippen LogP contribution in [0.2, 0.25) is 0 Å². The fourth-order valence-electron chi connectivity index (χ4n) is 2.86. The van der Waals surface area contributed by atoms with E-state index in [1.165, 1.54) is 0 Å². The van der Waals surface area contributed by atoms with Crippen LogP contribution in [0.15, 0.2) is 12.1 Å². The predicted molar refractivity (Wildman–Crippen MR) is 64.6 cm³/mol. The molecule has 0 saturated heterocycles. The van der Waals surface area contributed by atoms with Crippen LogP contribution in [0.5, 0.6) is 11.5 Å². The monoisotopic (exact) mass is 265 g/mol. The zero-order valence-corrected chi connectivity index (χ0v) is 9.93. The van der Waals surface area contributed by atoms with Gasteiger partial charge in [0.2, 0.25) is 0 Å². The van der Waals surface area contributed by atoms with Gasteiger partial charge in [-0.2, -0.15) is 0 Å². The van der Waals surface area contributed by atoms with Crippen LogP contribution in [0.1, 0.15) is 17.7 Å². The van der Waals surface area contributed by atoms with Crippen LogP contribution in [0, 0.1) is 0 Å². The van der Waals surface area contributed by atoms with Gasteiger partial charge in [0, 0.05) is 22.7 Å². The maximum Gasteiger partial charge on any atom is 0.586 e. The molecule has 100 valence electrons. The van der Waals surface area contributed by atoms with Crippen LogP contribution in [-0.4, -0.2) is 17.3 Å². The normalized spacial score (nSPS) is 23.6. The van der Waals surface area contributed by atoms with Gasteiger partial charge in [0.25, 0.3) is 0 Å². The van der Waals surface area contributed by atoms with Crippen molar-refractivity contribution in [2.75, 3.05) is 0 Å². The summed E-state index contributed by atoms with van der Waals surface area (Å²) in [5.74, 6) is 0.116. The quantitative estimate of drug-likeness (QED) is 0.793. The van der Waals surface area contributed by atoms with Crippen molar-refractivity contribution in [3.05, 3.63) is 29.1 Å². The SMILES string of the molecule is [NH-]C1CCc2[nH]c3cc4c(cc3c2C1)OC(F)(F)O4. The van der Waals surface area contributed by atoms with Crippen molar-refractivity contribution in [3.63, 3.8) is 0 Å². The summed E-state index contributed by atoms with van der Waals surface area (Å²) in [4.78, 5) is 3.23. The van der Waals surface area contributed by atoms with Crippen LogP contribution >= 0.6 is 0 Å². The van der Waals surface area contributed by atoms with Crippen LogP contribution in [0.4, 0.5) is 8.78 Å². The highest BCUT2D eigenvalue weighted by molar-refractivity contribution is 5.88. The van der Waals surface area contributed by atoms with Crippen molar-refractivity contribution in [2.24, 2.45) is 0 Å². The van der Waals surface area contributed by atoms with Crippen molar-refractivity contribution < 1.29 is 18.3 Å². The van der Waals surface area contributed by atoms with Crippen molar-refractivity contribution in [3.8, 4) is 11.5 Å². The molecule has 1 unspecified atom stereocenters. The number of aryl methyl sites for hydroxylation is 1. The molecular weight excluding hydrogens is 254 g/mol. The van der Waals surface area contributed by atoms with Crippen molar-refractivity contribution >= 4 is 10.9 Å². The third kappa shape index (κ3) is 1.59. The van der Waals surface area contributed by atoms with Crippen LogP contribution < -0.4 is 9.47 Å². The molecule has 2 heterocycles. The molecule has 0 amide bonds. The van der Waals surface area contributed by atoms with Crippen LogP contribution in [-0.2, 0) is 12.8 Å². The zero-order chi connectivity index (χ0) is 13.2. The highest BCUT2D eigenvalue weighted by Crippen LogP contribution is 2.44. The highest BCUT2D eigenvalue weighted by atomic mass is 19.3. The number of alkyl halides is 2. The summed E-state index contributed by atoms with van der Waals surface area (Å²) in [6.07, 6.45) is -1.30. The molecule has 0 fully saturated rings. The zero-order valence-electron chi connectivity index (χ0n) is 9.93. The van der Waals surface area contributed by atoms with E-state index in [2.05, 4.69) is 14.5 Å². The minimum Gasteiger partial charge on any atom is -0.674 e. The number of hydrogen-bond donors (Lipinski definition) is 1. The summed E-state index contributed by atoms with van der Waals surface area (Å²) in [5, 5.41) is 0.854. The molecule has 2 aliphatic rings. The largest absolute Gasteiger partial charge is 0.674 e. The summed E-state index contributed by atoms with van der Waals surface area (Å²) in [7, 11) is 0. The fraction of sp³-hybridized carbons (Fsp3) is 0.385. The molecule has 0 spiro atoms. The molecule has 0 saturated carbocycles. The first kappa shape index (κ1) is 11.0. The number of rotatable bonds is 0. The Balaban J connectivity index is 1.89. The molecule has 2 aromatic rings. The number of fused-ring (bicyclic) bond motifs is 4. The topological polar surface area (TPSA) is 58.1 Å². The Bertz CT molecular complexity index is 681. The molecule has 1 aliphatic heterocycles. The molecule has 0 bridgehead atoms. The number of ether oxygens (including phenoxy) is 2. The van der Waals surface area contributed by atoms with Crippen LogP contribution in [0.25, 0.3) is 16.6 Å². The first-order valence-electron chi connectivity index (χ1n) is 6.16. The number of halogens is 2. The second kappa shape index (κ2) is 3.39. The number of aromatic nitrogens is 1. The number of benzene rings is 1. The molecule has 1 aromatic carbocycles. The second-order valence-electron chi connectivity index (χ2n) is 5.03. The average Bonchev–Trinajstić information content (AvgIpc) is 2.80. The van der Waals surface area contributed by atoms with Gasteiger partial charge in [-0.15, -0.1) is 14.8 Å². The Kier molecular flexibility index (Phi) is 1.97. The first-order valence-corrected chi connectivity index (χ1v) is 6.16. The molecule has 2 N–H and O–H groups in total. The van der Waals surface area contributed by atoms with Gasteiger partial charge < -0.3 is 20.2 Å². The molecule has 6 heteroatoms. The molecule has 1 atom stereocenters. The molecule has 0 radical (unpaired) electrons. The highest BCUT2D eigenvalue weighted by Gasteiger charge is 2.43. The number of H-pyrrole nitrogens is 1. The predicted octanol–water partition coefficient (Wildman–Crippen LogP) is 3.40. The van der Waals surface area contributed by atoms with Gasteiger partial charge in [-0.1, -0.05) is 6.42 Å². The Hall–Kier alpha value is -1.82. The van der Waals surface area contributed by atoms with Gasteiger partial charge in [-0.3, -0.25) is 0 Å². The summed E-state index contributed by atoms with van der Waals surface area (Å²) >= 11 is 0. The van der Waals surface area contributed by atoms with E-state index in [9.17, 15) is 8.78 Å². The Morgan fingerprint density at radius 2 is 2.00 bits per heavy atom. The second-order valence-corrected chi connectivity index (χ2v) is 5.03.